The van der Waals surface area contributed by atoms with Gasteiger partial charge in [-0.2, -0.15) is 0 Å². The van der Waals surface area contributed by atoms with E-state index in [2.05, 4.69) is 10.3 Å². The Morgan fingerprint density at radius 2 is 1.88 bits per heavy atom. The summed E-state index contributed by atoms with van der Waals surface area (Å²) in [7, 11) is 1.41. The molecular formula is C24H20N4O5S. The molecule has 0 fully saturated rings. The number of nitrogens with one attached hydrogen (secondary N) is 1. The van der Waals surface area contributed by atoms with Gasteiger partial charge in [-0.05, 0) is 37.3 Å². The van der Waals surface area contributed by atoms with Gasteiger partial charge < -0.3 is 10.1 Å². The number of fused-ring (bicyclic) bond motifs is 1. The van der Waals surface area contributed by atoms with Gasteiger partial charge in [0.15, 0.2) is 5.16 Å². The molecule has 1 amide bonds. The molecule has 0 saturated carbocycles. The van der Waals surface area contributed by atoms with Crippen molar-refractivity contribution in [3.05, 3.63) is 92.8 Å². The van der Waals surface area contributed by atoms with Crippen molar-refractivity contribution in [2.45, 2.75) is 12.1 Å². The number of hydrogen-bond donors (Lipinski definition) is 1. The number of non-ortho nitro benzene ring substituents is 1. The van der Waals surface area contributed by atoms with E-state index < -0.39 is 10.8 Å². The second kappa shape index (κ2) is 9.75. The number of methoxy groups -OCH3 is 1. The SMILES string of the molecule is COc1ccc([N+](=O)[O-])cc1NC(=O)CSc1nc2ccccc2c(=O)n1-c1ccc(C)cc1. The van der Waals surface area contributed by atoms with Gasteiger partial charge in [-0.1, -0.05) is 41.6 Å². The molecule has 0 aliphatic heterocycles. The van der Waals surface area contributed by atoms with Crippen molar-refractivity contribution in [3.8, 4) is 11.4 Å². The van der Waals surface area contributed by atoms with E-state index in [1.54, 1.807) is 24.3 Å². The predicted octanol–water partition coefficient (Wildman–Crippen LogP) is 4.34. The summed E-state index contributed by atoms with van der Waals surface area (Å²) in [5.41, 5.74) is 1.98. The number of rotatable bonds is 7. The van der Waals surface area contributed by atoms with E-state index in [9.17, 15) is 19.7 Å². The molecule has 3 aromatic carbocycles. The van der Waals surface area contributed by atoms with E-state index in [0.29, 0.717) is 27.5 Å². The summed E-state index contributed by atoms with van der Waals surface area (Å²) in [4.78, 5) is 41.1. The number of aryl methyl sites for hydroxylation is 1. The Hall–Kier alpha value is -4.18. The zero-order valence-electron chi connectivity index (χ0n) is 18.3. The number of benzene rings is 3. The highest BCUT2D eigenvalue weighted by atomic mass is 32.2. The molecule has 10 heteroatoms. The van der Waals surface area contributed by atoms with Crippen molar-refractivity contribution in [2.75, 3.05) is 18.2 Å². The summed E-state index contributed by atoms with van der Waals surface area (Å²) in [5, 5.41) is 14.6. The molecule has 0 atom stereocenters. The highest BCUT2D eigenvalue weighted by Gasteiger charge is 2.17. The third-order valence-electron chi connectivity index (χ3n) is 5.04. The van der Waals surface area contributed by atoms with Crippen LogP contribution in [0.1, 0.15) is 5.56 Å². The fraction of sp³-hybridized carbons (Fsp3) is 0.125. The molecule has 4 aromatic rings. The first-order valence-electron chi connectivity index (χ1n) is 10.2. The van der Waals surface area contributed by atoms with Crippen LogP contribution < -0.4 is 15.6 Å². The number of nitrogens with zero attached hydrogens (tertiary/aromatic N) is 3. The number of aromatic nitrogens is 2. The van der Waals surface area contributed by atoms with E-state index >= 15 is 0 Å². The maximum Gasteiger partial charge on any atom is 0.271 e. The molecule has 0 aliphatic carbocycles. The quantitative estimate of drug-likeness (QED) is 0.182. The summed E-state index contributed by atoms with van der Waals surface area (Å²) in [6.07, 6.45) is 0. The van der Waals surface area contributed by atoms with Gasteiger partial charge in [0.05, 0.1) is 40.1 Å². The van der Waals surface area contributed by atoms with Crippen LogP contribution >= 0.6 is 11.8 Å². The second-order valence-corrected chi connectivity index (χ2v) is 8.31. The highest BCUT2D eigenvalue weighted by molar-refractivity contribution is 7.99. The number of anilines is 1. The average molecular weight is 477 g/mol. The number of carbonyl (C=O) groups excluding carboxylic acids is 1. The first kappa shape index (κ1) is 23.0. The lowest BCUT2D eigenvalue weighted by atomic mass is 10.2. The number of nitro benzene ring substituents is 1. The summed E-state index contributed by atoms with van der Waals surface area (Å²) < 4.78 is 6.67. The van der Waals surface area contributed by atoms with Crippen molar-refractivity contribution >= 4 is 39.9 Å². The Bertz CT molecular complexity index is 1450. The molecule has 4 rings (SSSR count). The monoisotopic (exact) mass is 476 g/mol. The molecule has 0 saturated heterocycles. The van der Waals surface area contributed by atoms with Crippen LogP contribution in [0.5, 0.6) is 5.75 Å². The van der Waals surface area contributed by atoms with Crippen molar-refractivity contribution in [1.82, 2.24) is 9.55 Å². The van der Waals surface area contributed by atoms with E-state index in [0.717, 1.165) is 17.3 Å². The third-order valence-corrected chi connectivity index (χ3v) is 5.98. The summed E-state index contributed by atoms with van der Waals surface area (Å²) in [5.74, 6) is -0.214. The van der Waals surface area contributed by atoms with Gasteiger partial charge in [0.1, 0.15) is 5.75 Å². The first-order valence-corrected chi connectivity index (χ1v) is 11.2. The maximum atomic E-state index is 13.3. The zero-order chi connectivity index (χ0) is 24.2. The van der Waals surface area contributed by atoms with Crippen LogP contribution in [-0.2, 0) is 4.79 Å². The largest absolute Gasteiger partial charge is 0.495 e. The minimum Gasteiger partial charge on any atom is -0.495 e. The minimum atomic E-state index is -0.552. The third kappa shape index (κ3) is 4.76. The Morgan fingerprint density at radius 3 is 2.59 bits per heavy atom. The molecule has 9 nitrogen and oxygen atoms in total. The van der Waals surface area contributed by atoms with Crippen LogP contribution in [0.4, 0.5) is 11.4 Å². The van der Waals surface area contributed by atoms with Crippen LogP contribution in [-0.4, -0.2) is 33.2 Å². The summed E-state index contributed by atoms with van der Waals surface area (Å²) >= 11 is 1.09. The minimum absolute atomic E-state index is 0.0809. The first-order chi connectivity index (χ1) is 16.4. The molecular weight excluding hydrogens is 456 g/mol. The number of ether oxygens (including phenoxy) is 1. The molecule has 172 valence electrons. The smallest absolute Gasteiger partial charge is 0.271 e. The Labute approximate surface area is 198 Å². The van der Waals surface area contributed by atoms with Crippen LogP contribution in [0, 0.1) is 17.0 Å². The summed E-state index contributed by atoms with van der Waals surface area (Å²) in [6.45, 7) is 1.95. The Kier molecular flexibility index (Phi) is 6.60. The van der Waals surface area contributed by atoms with Gasteiger partial charge >= 0.3 is 0 Å². The normalized spacial score (nSPS) is 10.8. The van der Waals surface area contributed by atoms with Gasteiger partial charge in [-0.3, -0.25) is 24.3 Å². The molecule has 0 spiro atoms. The molecule has 0 aliphatic rings. The number of para-hydroxylation sites is 1. The van der Waals surface area contributed by atoms with E-state index in [1.807, 2.05) is 31.2 Å². The molecule has 1 aromatic heterocycles. The number of carbonyl (C=O) groups is 1. The van der Waals surface area contributed by atoms with Gasteiger partial charge in [-0.15, -0.1) is 0 Å². The summed E-state index contributed by atoms with van der Waals surface area (Å²) in [6, 6.07) is 18.4. The standard InChI is InChI=1S/C24H20N4O5S/c1-15-7-9-16(10-8-15)27-23(30)18-5-3-4-6-19(18)26-24(27)34-14-22(29)25-20-13-17(28(31)32)11-12-21(20)33-2/h3-13H,14H2,1-2H3,(H,25,29). The fourth-order valence-electron chi connectivity index (χ4n) is 3.35. The lowest BCUT2D eigenvalue weighted by Crippen LogP contribution is -2.23. The van der Waals surface area contributed by atoms with Crippen LogP contribution in [0.25, 0.3) is 16.6 Å². The van der Waals surface area contributed by atoms with Crippen molar-refractivity contribution < 1.29 is 14.5 Å². The Morgan fingerprint density at radius 1 is 1.15 bits per heavy atom. The molecule has 34 heavy (non-hydrogen) atoms. The van der Waals surface area contributed by atoms with Crippen LogP contribution in [0.15, 0.2) is 76.7 Å². The van der Waals surface area contributed by atoms with Crippen molar-refractivity contribution in [1.29, 1.82) is 0 Å². The van der Waals surface area contributed by atoms with E-state index in [1.165, 1.54) is 29.9 Å². The molecule has 1 heterocycles. The number of hydrogen-bond acceptors (Lipinski definition) is 7. The number of nitro groups is 1. The van der Waals surface area contributed by atoms with E-state index in [4.69, 9.17) is 4.74 Å². The fourth-order valence-corrected chi connectivity index (χ4v) is 4.17. The van der Waals surface area contributed by atoms with Crippen LogP contribution in [0.2, 0.25) is 0 Å². The zero-order valence-corrected chi connectivity index (χ0v) is 19.2. The number of thioether (sulfide) groups is 1. The lowest BCUT2D eigenvalue weighted by Gasteiger charge is -2.14. The average Bonchev–Trinajstić information content (AvgIpc) is 2.83. The second-order valence-electron chi connectivity index (χ2n) is 7.37. The van der Waals surface area contributed by atoms with Gasteiger partial charge in [0, 0.05) is 12.1 Å². The molecule has 0 radical (unpaired) electrons. The maximum absolute atomic E-state index is 13.3. The molecule has 0 bridgehead atoms. The van der Waals surface area contributed by atoms with Gasteiger partial charge in [-0.25, -0.2) is 4.98 Å². The van der Waals surface area contributed by atoms with Gasteiger partial charge in [0.25, 0.3) is 11.2 Å². The lowest BCUT2D eigenvalue weighted by molar-refractivity contribution is -0.384. The van der Waals surface area contributed by atoms with Crippen molar-refractivity contribution in [2.24, 2.45) is 0 Å². The predicted molar refractivity (Wildman–Crippen MR) is 131 cm³/mol. The number of amides is 1. The topological polar surface area (TPSA) is 116 Å². The van der Waals surface area contributed by atoms with Crippen LogP contribution in [0.3, 0.4) is 0 Å². The molecule has 1 N–H and O–H groups in total. The molecule has 0 unspecified atom stereocenters. The Balaban J connectivity index is 1.65. The van der Waals surface area contributed by atoms with E-state index in [-0.39, 0.29) is 22.7 Å². The highest BCUT2D eigenvalue weighted by Crippen LogP contribution is 2.29. The van der Waals surface area contributed by atoms with Crippen molar-refractivity contribution in [3.63, 3.8) is 0 Å². The van der Waals surface area contributed by atoms with Gasteiger partial charge in [0.2, 0.25) is 5.91 Å².